The van der Waals surface area contributed by atoms with E-state index >= 15 is 0 Å². The van der Waals surface area contributed by atoms with Crippen LogP contribution in [-0.4, -0.2) is 27.7 Å². The van der Waals surface area contributed by atoms with Crippen LogP contribution in [0.15, 0.2) is 12.3 Å². The van der Waals surface area contributed by atoms with E-state index < -0.39 is 0 Å². The first-order chi connectivity index (χ1) is 8.65. The number of halogens is 1. The molecule has 0 N–H and O–H groups in total. The van der Waals surface area contributed by atoms with Gasteiger partial charge in [-0.1, -0.05) is 0 Å². The Kier molecular flexibility index (Phi) is 4.19. The third-order valence-electron chi connectivity index (χ3n) is 2.88. The summed E-state index contributed by atoms with van der Waals surface area (Å²) in [4.78, 5) is 9.01. The minimum atomic E-state index is -0.139. The molecule has 18 heavy (non-hydrogen) atoms. The number of aryl methyl sites for hydroxylation is 1. The number of imidazole rings is 1. The third kappa shape index (κ3) is 2.49. The molecule has 0 aliphatic heterocycles. The average molecular weight is 268 g/mol. The molecular formula is C13H18ClN3O. The normalized spacial score (nSPS) is 13.1. The van der Waals surface area contributed by atoms with Gasteiger partial charge in [-0.2, -0.15) is 0 Å². The van der Waals surface area contributed by atoms with Crippen LogP contribution in [0.5, 0.6) is 0 Å². The van der Waals surface area contributed by atoms with Crippen LogP contribution < -0.4 is 0 Å². The van der Waals surface area contributed by atoms with Crippen LogP contribution in [0.4, 0.5) is 0 Å². The molecule has 1 unspecified atom stereocenters. The monoisotopic (exact) mass is 267 g/mol. The van der Waals surface area contributed by atoms with E-state index in [1.807, 2.05) is 26.8 Å². The molecule has 0 saturated heterocycles. The fourth-order valence-corrected chi connectivity index (χ4v) is 2.15. The van der Waals surface area contributed by atoms with Crippen LogP contribution in [0.25, 0.3) is 11.2 Å². The molecule has 0 saturated carbocycles. The van der Waals surface area contributed by atoms with Gasteiger partial charge < -0.3 is 9.30 Å². The van der Waals surface area contributed by atoms with Crippen molar-refractivity contribution in [3.8, 4) is 0 Å². The Morgan fingerprint density at radius 2 is 2.28 bits per heavy atom. The maximum Gasteiger partial charge on any atom is 0.160 e. The van der Waals surface area contributed by atoms with Crippen LogP contribution in [0.3, 0.4) is 0 Å². The minimum absolute atomic E-state index is 0.139. The summed E-state index contributed by atoms with van der Waals surface area (Å²) in [5.74, 6) is 0.855. The van der Waals surface area contributed by atoms with Crippen LogP contribution in [-0.2, 0) is 11.3 Å². The van der Waals surface area contributed by atoms with Crippen molar-refractivity contribution in [1.29, 1.82) is 0 Å². The van der Waals surface area contributed by atoms with Crippen LogP contribution in [0, 0.1) is 6.92 Å². The van der Waals surface area contributed by atoms with Crippen LogP contribution in [0.2, 0.25) is 0 Å². The molecule has 2 aromatic heterocycles. The summed E-state index contributed by atoms with van der Waals surface area (Å²) in [6.45, 7) is 8.04. The Balaban J connectivity index is 2.46. The molecular weight excluding hydrogens is 250 g/mol. The first-order valence-corrected chi connectivity index (χ1v) is 6.62. The maximum absolute atomic E-state index is 6.19. The highest BCUT2D eigenvalue weighted by Crippen LogP contribution is 2.24. The van der Waals surface area contributed by atoms with Crippen molar-refractivity contribution in [2.45, 2.75) is 32.7 Å². The number of alkyl halides is 1. The summed E-state index contributed by atoms with van der Waals surface area (Å²) in [5, 5.41) is -0.139. The van der Waals surface area contributed by atoms with Crippen molar-refractivity contribution in [3.05, 3.63) is 23.7 Å². The van der Waals surface area contributed by atoms with Gasteiger partial charge in [-0.15, -0.1) is 11.6 Å². The van der Waals surface area contributed by atoms with Crippen molar-refractivity contribution < 1.29 is 4.74 Å². The van der Waals surface area contributed by atoms with Crippen LogP contribution in [0.1, 0.15) is 30.6 Å². The second kappa shape index (κ2) is 5.67. The number of pyridine rings is 1. The van der Waals surface area contributed by atoms with Crippen LogP contribution >= 0.6 is 11.6 Å². The predicted octanol–water partition coefficient (Wildman–Crippen LogP) is 3.08. The molecule has 0 bridgehead atoms. The van der Waals surface area contributed by atoms with Gasteiger partial charge >= 0.3 is 0 Å². The van der Waals surface area contributed by atoms with E-state index in [-0.39, 0.29) is 5.38 Å². The Morgan fingerprint density at radius 1 is 1.50 bits per heavy atom. The number of hydrogen-bond donors (Lipinski definition) is 0. The van der Waals surface area contributed by atoms with E-state index in [1.54, 1.807) is 6.20 Å². The van der Waals surface area contributed by atoms with Crippen molar-refractivity contribution in [2.75, 3.05) is 13.2 Å². The lowest BCUT2D eigenvalue weighted by atomic mass is 10.3. The van der Waals surface area contributed by atoms with Crippen molar-refractivity contribution in [3.63, 3.8) is 0 Å². The number of fused-ring (bicyclic) bond motifs is 1. The largest absolute Gasteiger partial charge is 0.380 e. The number of hydrogen-bond acceptors (Lipinski definition) is 3. The maximum atomic E-state index is 6.19. The molecule has 0 aromatic carbocycles. The Labute approximate surface area is 112 Å². The summed E-state index contributed by atoms with van der Waals surface area (Å²) in [6, 6.07) is 1.96. The Hall–Kier alpha value is -1.13. The summed E-state index contributed by atoms with van der Waals surface area (Å²) < 4.78 is 7.45. The molecule has 0 spiro atoms. The lowest BCUT2D eigenvalue weighted by Gasteiger charge is -2.09. The second-order valence-electron chi connectivity index (χ2n) is 4.23. The van der Waals surface area contributed by atoms with Gasteiger partial charge in [0.15, 0.2) is 5.65 Å². The fourth-order valence-electron chi connectivity index (χ4n) is 1.98. The quantitative estimate of drug-likeness (QED) is 0.617. The molecule has 0 aliphatic rings. The zero-order chi connectivity index (χ0) is 13.1. The second-order valence-corrected chi connectivity index (χ2v) is 4.89. The molecule has 2 aromatic rings. The minimum Gasteiger partial charge on any atom is -0.380 e. The Morgan fingerprint density at radius 3 is 2.94 bits per heavy atom. The van der Waals surface area contributed by atoms with Crippen molar-refractivity contribution in [2.24, 2.45) is 0 Å². The van der Waals surface area contributed by atoms with Gasteiger partial charge in [0.05, 0.1) is 12.0 Å². The lowest BCUT2D eigenvalue weighted by molar-refractivity contribution is 0.139. The van der Waals surface area contributed by atoms with Gasteiger partial charge in [0, 0.05) is 19.3 Å². The van der Waals surface area contributed by atoms with Gasteiger partial charge in [0.25, 0.3) is 0 Å². The highest BCUT2D eigenvalue weighted by molar-refractivity contribution is 6.20. The van der Waals surface area contributed by atoms with Gasteiger partial charge in [0.2, 0.25) is 0 Å². The van der Waals surface area contributed by atoms with Crippen molar-refractivity contribution >= 4 is 22.8 Å². The first kappa shape index (κ1) is 13.3. The van der Waals surface area contributed by atoms with E-state index in [9.17, 15) is 0 Å². The van der Waals surface area contributed by atoms with E-state index in [0.717, 1.165) is 29.1 Å². The van der Waals surface area contributed by atoms with E-state index in [2.05, 4.69) is 14.5 Å². The van der Waals surface area contributed by atoms with Gasteiger partial charge in [-0.05, 0) is 32.4 Å². The number of rotatable bonds is 5. The smallest absolute Gasteiger partial charge is 0.160 e. The summed E-state index contributed by atoms with van der Waals surface area (Å²) >= 11 is 6.19. The van der Waals surface area contributed by atoms with Crippen molar-refractivity contribution in [1.82, 2.24) is 14.5 Å². The Bertz CT molecular complexity index is 536. The third-order valence-corrected chi connectivity index (χ3v) is 3.08. The first-order valence-electron chi connectivity index (χ1n) is 6.18. The number of ether oxygens (including phenoxy) is 1. The molecule has 2 heterocycles. The highest BCUT2D eigenvalue weighted by Gasteiger charge is 2.16. The zero-order valence-electron chi connectivity index (χ0n) is 11.0. The molecule has 0 aliphatic carbocycles. The molecule has 4 nitrogen and oxygen atoms in total. The van der Waals surface area contributed by atoms with Gasteiger partial charge in [0.1, 0.15) is 11.3 Å². The molecule has 0 radical (unpaired) electrons. The molecule has 98 valence electrons. The van der Waals surface area contributed by atoms with Gasteiger partial charge in [-0.3, -0.25) is 0 Å². The molecule has 0 amide bonds. The van der Waals surface area contributed by atoms with E-state index in [1.165, 1.54) is 0 Å². The predicted molar refractivity (Wildman–Crippen MR) is 73.0 cm³/mol. The molecule has 5 heteroatoms. The van der Waals surface area contributed by atoms with E-state index in [0.29, 0.717) is 13.2 Å². The standard InChI is InChI=1S/C13H18ClN3O/c1-4-18-8-7-17-12(10(3)14)16-11-9(2)5-6-15-13(11)17/h5-6,10H,4,7-8H2,1-3H3. The molecule has 1 atom stereocenters. The lowest BCUT2D eigenvalue weighted by Crippen LogP contribution is -2.10. The summed E-state index contributed by atoms with van der Waals surface area (Å²) in [7, 11) is 0. The zero-order valence-corrected chi connectivity index (χ0v) is 11.7. The highest BCUT2D eigenvalue weighted by atomic mass is 35.5. The molecule has 0 fully saturated rings. The summed E-state index contributed by atoms with van der Waals surface area (Å²) in [6.07, 6.45) is 1.80. The average Bonchev–Trinajstić information content (AvgIpc) is 2.70. The van der Waals surface area contributed by atoms with Gasteiger partial charge in [-0.25, -0.2) is 9.97 Å². The topological polar surface area (TPSA) is 39.9 Å². The molecule has 2 rings (SSSR count). The fraction of sp³-hybridized carbons (Fsp3) is 0.538. The summed E-state index contributed by atoms with van der Waals surface area (Å²) in [5.41, 5.74) is 2.93. The number of nitrogens with zero attached hydrogens (tertiary/aromatic N) is 3. The SMILES string of the molecule is CCOCCn1c(C(C)Cl)nc2c(C)ccnc21. The number of aromatic nitrogens is 3. The van der Waals surface area contributed by atoms with E-state index in [4.69, 9.17) is 16.3 Å².